The predicted molar refractivity (Wildman–Crippen MR) is 124 cm³/mol. The second-order valence-electron chi connectivity index (χ2n) is 6.98. The molecule has 0 saturated heterocycles. The topological polar surface area (TPSA) is 59.0 Å². The van der Waals surface area contributed by atoms with Crippen LogP contribution in [0.15, 0.2) is 77.9 Å². The van der Waals surface area contributed by atoms with E-state index in [-0.39, 0.29) is 17.1 Å². The summed E-state index contributed by atoms with van der Waals surface area (Å²) in [6, 6.07) is 17.3. The number of hydrogen-bond donors (Lipinski definition) is 0. The zero-order valence-corrected chi connectivity index (χ0v) is 18.9. The number of hydrogen-bond acceptors (Lipinski definition) is 4. The van der Waals surface area contributed by atoms with Gasteiger partial charge in [0.15, 0.2) is 6.61 Å². The molecule has 10 heteroatoms. The molecule has 0 aliphatic carbocycles. The maximum atomic E-state index is 13.2. The molecule has 0 aliphatic rings. The van der Waals surface area contributed by atoms with Gasteiger partial charge in [-0.2, -0.15) is 23.3 Å². The number of ether oxygens (including phenoxy) is 1. The molecule has 0 heterocycles. The molecule has 3 aromatic rings. The Morgan fingerprint density at radius 1 is 0.971 bits per heavy atom. The van der Waals surface area contributed by atoms with Gasteiger partial charge in [-0.3, -0.25) is 9.59 Å². The third-order valence-corrected chi connectivity index (χ3v) is 5.07. The molecule has 0 atom stereocenters. The lowest BCUT2D eigenvalue weighted by Crippen LogP contribution is -2.31. The molecular formula is C24H17Cl2F3N2O3. The predicted octanol–water partition coefficient (Wildman–Crippen LogP) is 6.17. The van der Waals surface area contributed by atoms with Crippen LogP contribution in [0, 0.1) is 0 Å². The SMILES string of the molecule is O=C(Cc1ccc(Cl)cc1Cl)OCC(=O)N(/N=C/c1ccccc1)c1cccc(C(F)(F)F)c1. The first-order chi connectivity index (χ1) is 16.1. The number of benzene rings is 3. The molecule has 0 unspecified atom stereocenters. The van der Waals surface area contributed by atoms with E-state index in [0.29, 0.717) is 16.1 Å². The van der Waals surface area contributed by atoms with Crippen LogP contribution in [0.25, 0.3) is 0 Å². The molecule has 3 rings (SSSR count). The molecule has 0 bridgehead atoms. The van der Waals surface area contributed by atoms with E-state index < -0.39 is 30.2 Å². The first-order valence-electron chi connectivity index (χ1n) is 9.82. The van der Waals surface area contributed by atoms with Crippen molar-refractivity contribution in [3.05, 3.63) is 99.5 Å². The van der Waals surface area contributed by atoms with Crippen molar-refractivity contribution in [2.45, 2.75) is 12.6 Å². The van der Waals surface area contributed by atoms with E-state index in [2.05, 4.69) is 5.10 Å². The smallest absolute Gasteiger partial charge is 0.416 e. The minimum Gasteiger partial charge on any atom is -0.455 e. The minimum absolute atomic E-state index is 0.135. The van der Waals surface area contributed by atoms with Gasteiger partial charge in [-0.15, -0.1) is 0 Å². The first kappa shape index (κ1) is 25.3. The molecule has 0 aromatic heterocycles. The van der Waals surface area contributed by atoms with Gasteiger partial charge in [0.25, 0.3) is 5.91 Å². The molecule has 1 amide bonds. The molecule has 176 valence electrons. The average molecular weight is 509 g/mol. The number of rotatable bonds is 7. The Labute approximate surface area is 203 Å². The molecule has 34 heavy (non-hydrogen) atoms. The van der Waals surface area contributed by atoms with E-state index in [1.165, 1.54) is 18.3 Å². The largest absolute Gasteiger partial charge is 0.455 e. The summed E-state index contributed by atoms with van der Waals surface area (Å²) >= 11 is 11.9. The second kappa shape index (κ2) is 11.2. The summed E-state index contributed by atoms with van der Waals surface area (Å²) < 4.78 is 44.5. The normalized spacial score (nSPS) is 11.4. The fourth-order valence-electron chi connectivity index (χ4n) is 2.83. The van der Waals surface area contributed by atoms with Crippen molar-refractivity contribution in [1.82, 2.24) is 0 Å². The van der Waals surface area contributed by atoms with Crippen LogP contribution in [0.3, 0.4) is 0 Å². The third kappa shape index (κ3) is 7.07. The highest BCUT2D eigenvalue weighted by molar-refractivity contribution is 6.35. The minimum atomic E-state index is -4.61. The molecule has 0 saturated carbocycles. The van der Waals surface area contributed by atoms with Crippen molar-refractivity contribution in [2.75, 3.05) is 11.6 Å². The van der Waals surface area contributed by atoms with Crippen molar-refractivity contribution in [1.29, 1.82) is 0 Å². The van der Waals surface area contributed by atoms with Crippen LogP contribution in [-0.2, 0) is 26.9 Å². The fourth-order valence-corrected chi connectivity index (χ4v) is 3.30. The lowest BCUT2D eigenvalue weighted by molar-refractivity contribution is -0.147. The number of carbonyl (C=O) groups is 2. The number of alkyl halides is 3. The van der Waals surface area contributed by atoms with Gasteiger partial charge in [0.1, 0.15) is 0 Å². The van der Waals surface area contributed by atoms with E-state index in [1.807, 2.05) is 0 Å². The van der Waals surface area contributed by atoms with Gasteiger partial charge in [-0.05, 0) is 41.5 Å². The van der Waals surface area contributed by atoms with Gasteiger partial charge in [0.05, 0.1) is 23.9 Å². The summed E-state index contributed by atoms with van der Waals surface area (Å²) in [5, 5.41) is 5.44. The summed E-state index contributed by atoms with van der Waals surface area (Å²) in [4.78, 5) is 25.0. The molecule has 0 radical (unpaired) electrons. The van der Waals surface area contributed by atoms with Gasteiger partial charge < -0.3 is 4.74 Å². The number of amides is 1. The van der Waals surface area contributed by atoms with Gasteiger partial charge in [-0.25, -0.2) is 0 Å². The van der Waals surface area contributed by atoms with E-state index in [4.69, 9.17) is 27.9 Å². The number of halogens is 5. The fraction of sp³-hybridized carbons (Fsp3) is 0.125. The average Bonchev–Trinajstić information content (AvgIpc) is 2.80. The van der Waals surface area contributed by atoms with Crippen molar-refractivity contribution < 1.29 is 27.5 Å². The maximum Gasteiger partial charge on any atom is 0.416 e. The summed E-state index contributed by atoms with van der Waals surface area (Å²) in [6.07, 6.45) is -3.52. The molecule has 5 nitrogen and oxygen atoms in total. The monoisotopic (exact) mass is 508 g/mol. The molecular weight excluding hydrogens is 492 g/mol. The van der Waals surface area contributed by atoms with Crippen molar-refractivity contribution in [3.8, 4) is 0 Å². The lowest BCUT2D eigenvalue weighted by atomic mass is 10.1. The Balaban J connectivity index is 1.78. The Kier molecular flexibility index (Phi) is 8.31. The number of esters is 1. The van der Waals surface area contributed by atoms with E-state index in [1.54, 1.807) is 42.5 Å². The van der Waals surface area contributed by atoms with Crippen LogP contribution in [0.2, 0.25) is 10.0 Å². The van der Waals surface area contributed by atoms with E-state index in [9.17, 15) is 22.8 Å². The van der Waals surface area contributed by atoms with Gasteiger partial charge in [0, 0.05) is 10.0 Å². The lowest BCUT2D eigenvalue weighted by Gasteiger charge is -2.18. The van der Waals surface area contributed by atoms with Crippen LogP contribution in [0.5, 0.6) is 0 Å². The van der Waals surface area contributed by atoms with Crippen LogP contribution in [0.4, 0.5) is 18.9 Å². The van der Waals surface area contributed by atoms with Crippen molar-refractivity contribution in [2.24, 2.45) is 5.10 Å². The first-order valence-corrected chi connectivity index (χ1v) is 10.6. The van der Waals surface area contributed by atoms with Crippen LogP contribution < -0.4 is 5.01 Å². The summed E-state index contributed by atoms with van der Waals surface area (Å²) in [5.74, 6) is -1.60. The van der Waals surface area contributed by atoms with Gasteiger partial charge >= 0.3 is 12.1 Å². The van der Waals surface area contributed by atoms with E-state index >= 15 is 0 Å². The Bertz CT molecular complexity index is 1200. The Hall–Kier alpha value is -3.36. The highest BCUT2D eigenvalue weighted by atomic mass is 35.5. The molecule has 0 spiro atoms. The highest BCUT2D eigenvalue weighted by Gasteiger charge is 2.31. The Morgan fingerprint density at radius 2 is 1.71 bits per heavy atom. The summed E-state index contributed by atoms with van der Waals surface area (Å²) in [5.41, 5.74) is -0.0297. The molecule has 0 fully saturated rings. The van der Waals surface area contributed by atoms with Crippen molar-refractivity contribution >= 4 is 47.0 Å². The maximum absolute atomic E-state index is 13.2. The van der Waals surface area contributed by atoms with Crippen LogP contribution in [-0.4, -0.2) is 24.7 Å². The number of carbonyl (C=O) groups excluding carboxylic acids is 2. The van der Waals surface area contributed by atoms with Gasteiger partial charge in [-0.1, -0.05) is 65.7 Å². The summed E-state index contributed by atoms with van der Waals surface area (Å²) in [7, 11) is 0. The molecule has 0 N–H and O–H groups in total. The molecule has 3 aromatic carbocycles. The Morgan fingerprint density at radius 3 is 2.38 bits per heavy atom. The number of anilines is 1. The van der Waals surface area contributed by atoms with Crippen LogP contribution in [0.1, 0.15) is 16.7 Å². The van der Waals surface area contributed by atoms with Crippen molar-refractivity contribution in [3.63, 3.8) is 0 Å². The highest BCUT2D eigenvalue weighted by Crippen LogP contribution is 2.32. The number of hydrazone groups is 1. The molecule has 0 aliphatic heterocycles. The summed E-state index contributed by atoms with van der Waals surface area (Å²) in [6.45, 7) is -0.744. The third-order valence-electron chi connectivity index (χ3n) is 4.48. The van der Waals surface area contributed by atoms with E-state index in [0.717, 1.165) is 23.2 Å². The zero-order chi connectivity index (χ0) is 24.7. The quantitative estimate of drug-likeness (QED) is 0.218. The second-order valence-corrected chi connectivity index (χ2v) is 7.83. The zero-order valence-electron chi connectivity index (χ0n) is 17.4. The number of nitrogens with zero attached hydrogens (tertiary/aromatic N) is 2. The van der Waals surface area contributed by atoms with Crippen LogP contribution >= 0.6 is 23.2 Å². The standard InChI is InChI=1S/C24H17Cl2F3N2O3/c25-19-10-9-17(21(26)13-19)11-23(33)34-15-22(32)31(30-14-16-5-2-1-3-6-16)20-8-4-7-18(12-20)24(27,28)29/h1-10,12-14H,11,15H2/b30-14+. The van der Waals surface area contributed by atoms with Gasteiger partial charge in [0.2, 0.25) is 0 Å².